The van der Waals surface area contributed by atoms with Crippen LogP contribution in [-0.4, -0.2) is 22.8 Å². The van der Waals surface area contributed by atoms with Gasteiger partial charge in [0, 0.05) is 24.5 Å². The summed E-state index contributed by atoms with van der Waals surface area (Å²) in [6.07, 6.45) is 0. The molecule has 134 valence electrons. The summed E-state index contributed by atoms with van der Waals surface area (Å²) in [5.74, 6) is 0.723. The molecule has 1 amide bonds. The average molecular weight is 366 g/mol. The van der Waals surface area contributed by atoms with Crippen molar-refractivity contribution >= 4 is 17.2 Å². The van der Waals surface area contributed by atoms with E-state index in [2.05, 4.69) is 36.2 Å². The van der Waals surface area contributed by atoms with Crippen LogP contribution in [0.15, 0.2) is 53.9 Å². The minimum absolute atomic E-state index is 0.00717. The third-order valence-corrected chi connectivity index (χ3v) is 4.86. The quantitative estimate of drug-likeness (QED) is 0.640. The van der Waals surface area contributed by atoms with Crippen molar-refractivity contribution in [2.24, 2.45) is 0 Å². The number of carbonyl (C=O) groups is 1. The van der Waals surface area contributed by atoms with Gasteiger partial charge >= 0.3 is 0 Å². The van der Waals surface area contributed by atoms with Crippen LogP contribution in [0.4, 0.5) is 0 Å². The number of nitrogens with zero attached hydrogens (tertiary/aromatic N) is 2. The molecule has 5 heteroatoms. The predicted octanol–water partition coefficient (Wildman–Crippen LogP) is 4.61. The van der Waals surface area contributed by atoms with Crippen LogP contribution in [0.2, 0.25) is 0 Å². The lowest BCUT2D eigenvalue weighted by Gasteiger charge is -2.17. The van der Waals surface area contributed by atoms with Crippen LogP contribution in [0.3, 0.4) is 0 Å². The largest absolute Gasteiger partial charge is 0.487 e. The van der Waals surface area contributed by atoms with Crippen molar-refractivity contribution in [3.63, 3.8) is 0 Å². The van der Waals surface area contributed by atoms with Crippen LogP contribution in [0, 0.1) is 13.8 Å². The molecule has 0 saturated heterocycles. The van der Waals surface area contributed by atoms with Crippen LogP contribution in [0.25, 0.3) is 0 Å². The second-order valence-corrected chi connectivity index (χ2v) is 7.38. The first-order chi connectivity index (χ1) is 12.5. The van der Waals surface area contributed by atoms with Crippen molar-refractivity contribution in [3.05, 3.63) is 81.3 Å². The Morgan fingerprint density at radius 3 is 2.38 bits per heavy atom. The number of hydrogen-bond donors (Lipinski definition) is 0. The maximum absolute atomic E-state index is 12.6. The monoisotopic (exact) mass is 366 g/mol. The highest BCUT2D eigenvalue weighted by Crippen LogP contribution is 2.17. The second kappa shape index (κ2) is 8.15. The highest BCUT2D eigenvalue weighted by Gasteiger charge is 2.12. The topological polar surface area (TPSA) is 42.4 Å². The molecule has 0 spiro atoms. The number of hydrogen-bond acceptors (Lipinski definition) is 4. The zero-order chi connectivity index (χ0) is 18.5. The van der Waals surface area contributed by atoms with E-state index in [-0.39, 0.29) is 5.91 Å². The van der Waals surface area contributed by atoms with E-state index in [1.165, 1.54) is 5.56 Å². The molecule has 1 aromatic heterocycles. The van der Waals surface area contributed by atoms with Gasteiger partial charge in [0.1, 0.15) is 12.4 Å². The van der Waals surface area contributed by atoms with Crippen molar-refractivity contribution < 1.29 is 9.53 Å². The first-order valence-corrected chi connectivity index (χ1v) is 9.34. The molecule has 0 aliphatic rings. The fourth-order valence-electron chi connectivity index (χ4n) is 2.59. The van der Waals surface area contributed by atoms with E-state index in [4.69, 9.17) is 4.74 Å². The summed E-state index contributed by atoms with van der Waals surface area (Å²) in [6, 6.07) is 15.5. The van der Waals surface area contributed by atoms with Crippen molar-refractivity contribution in [2.75, 3.05) is 7.05 Å². The Hall–Kier alpha value is -2.66. The summed E-state index contributed by atoms with van der Waals surface area (Å²) in [5.41, 5.74) is 3.90. The third-order valence-electron chi connectivity index (χ3n) is 4.04. The van der Waals surface area contributed by atoms with Crippen molar-refractivity contribution in [1.29, 1.82) is 0 Å². The molecule has 1 heterocycles. The van der Waals surface area contributed by atoms with Gasteiger partial charge in [0.2, 0.25) is 0 Å². The molecule has 0 bridgehead atoms. The van der Waals surface area contributed by atoms with Crippen molar-refractivity contribution in [3.8, 4) is 5.75 Å². The van der Waals surface area contributed by atoms with Gasteiger partial charge in [0.15, 0.2) is 0 Å². The van der Waals surface area contributed by atoms with Gasteiger partial charge in [0.05, 0.1) is 10.7 Å². The van der Waals surface area contributed by atoms with E-state index in [1.807, 2.05) is 31.5 Å². The zero-order valence-corrected chi connectivity index (χ0v) is 16.0. The van der Waals surface area contributed by atoms with Gasteiger partial charge in [-0.3, -0.25) is 4.79 Å². The van der Waals surface area contributed by atoms with E-state index < -0.39 is 0 Å². The molecule has 26 heavy (non-hydrogen) atoms. The molecule has 0 fully saturated rings. The molecule has 3 rings (SSSR count). The first-order valence-electron chi connectivity index (χ1n) is 8.46. The minimum Gasteiger partial charge on any atom is -0.487 e. The molecule has 3 aromatic rings. The number of carbonyl (C=O) groups excluding carboxylic acids is 1. The molecule has 0 radical (unpaired) electrons. The number of rotatable bonds is 6. The Morgan fingerprint density at radius 2 is 1.77 bits per heavy atom. The van der Waals surface area contributed by atoms with Gasteiger partial charge in [-0.1, -0.05) is 29.8 Å². The predicted molar refractivity (Wildman–Crippen MR) is 105 cm³/mol. The minimum atomic E-state index is -0.00717. The van der Waals surface area contributed by atoms with Crippen LogP contribution in [-0.2, 0) is 13.2 Å². The molecule has 0 unspecified atom stereocenters. The molecular weight excluding hydrogens is 344 g/mol. The van der Waals surface area contributed by atoms with Gasteiger partial charge in [-0.25, -0.2) is 4.98 Å². The molecule has 0 atom stereocenters. The maximum Gasteiger partial charge on any atom is 0.253 e. The molecule has 4 nitrogen and oxygen atoms in total. The molecule has 0 aliphatic heterocycles. The second-order valence-electron chi connectivity index (χ2n) is 6.32. The standard InChI is InChI=1S/C21H22N2O2S/c1-15-4-6-17(7-5-15)12-23(3)21(24)18-8-10-20(11-9-18)25-13-19-14-26-16(2)22-19/h4-11,14H,12-13H2,1-3H3. The lowest BCUT2D eigenvalue weighted by atomic mass is 10.1. The van der Waals surface area contributed by atoms with Crippen molar-refractivity contribution in [1.82, 2.24) is 9.88 Å². The smallest absolute Gasteiger partial charge is 0.253 e. The molecule has 0 saturated carbocycles. The molecular formula is C21H22N2O2S. The molecule has 2 aromatic carbocycles. The van der Waals surface area contributed by atoms with Crippen LogP contribution in [0.5, 0.6) is 5.75 Å². The van der Waals surface area contributed by atoms with E-state index in [9.17, 15) is 4.79 Å². The summed E-state index contributed by atoms with van der Waals surface area (Å²) in [5, 5.41) is 3.02. The van der Waals surface area contributed by atoms with E-state index in [0.29, 0.717) is 18.7 Å². The fraction of sp³-hybridized carbons (Fsp3) is 0.238. The normalized spacial score (nSPS) is 10.6. The first kappa shape index (κ1) is 18.1. The van der Waals surface area contributed by atoms with Crippen molar-refractivity contribution in [2.45, 2.75) is 27.0 Å². The summed E-state index contributed by atoms with van der Waals surface area (Å²) >= 11 is 1.61. The van der Waals surface area contributed by atoms with Crippen LogP contribution >= 0.6 is 11.3 Å². The van der Waals surface area contributed by atoms with Gasteiger partial charge < -0.3 is 9.64 Å². The summed E-state index contributed by atoms with van der Waals surface area (Å²) in [6.45, 7) is 5.05. The number of amides is 1. The van der Waals surface area contributed by atoms with Crippen LogP contribution < -0.4 is 4.74 Å². The number of thiazole rings is 1. The maximum atomic E-state index is 12.6. The van der Waals surface area contributed by atoms with Crippen LogP contribution in [0.1, 0.15) is 32.2 Å². The van der Waals surface area contributed by atoms with Gasteiger partial charge in [-0.05, 0) is 43.7 Å². The number of ether oxygens (including phenoxy) is 1. The molecule has 0 aliphatic carbocycles. The highest BCUT2D eigenvalue weighted by molar-refractivity contribution is 7.09. The summed E-state index contributed by atoms with van der Waals surface area (Å²) in [7, 11) is 1.82. The van der Waals surface area contributed by atoms with E-state index >= 15 is 0 Å². The molecule has 0 N–H and O–H groups in total. The zero-order valence-electron chi connectivity index (χ0n) is 15.2. The number of aromatic nitrogens is 1. The van der Waals surface area contributed by atoms with Gasteiger partial charge in [-0.2, -0.15) is 0 Å². The average Bonchev–Trinajstić information content (AvgIpc) is 3.07. The lowest BCUT2D eigenvalue weighted by Crippen LogP contribution is -2.26. The van der Waals surface area contributed by atoms with Gasteiger partial charge in [0.25, 0.3) is 5.91 Å². The highest BCUT2D eigenvalue weighted by atomic mass is 32.1. The Bertz CT molecular complexity index is 870. The lowest BCUT2D eigenvalue weighted by molar-refractivity contribution is 0.0785. The van der Waals surface area contributed by atoms with E-state index in [0.717, 1.165) is 22.0 Å². The Balaban J connectivity index is 1.58. The number of benzene rings is 2. The summed E-state index contributed by atoms with van der Waals surface area (Å²) in [4.78, 5) is 18.7. The summed E-state index contributed by atoms with van der Waals surface area (Å²) < 4.78 is 5.73. The van der Waals surface area contributed by atoms with Gasteiger partial charge in [-0.15, -0.1) is 11.3 Å². The third kappa shape index (κ3) is 4.70. The Kier molecular flexibility index (Phi) is 5.68. The fourth-order valence-corrected chi connectivity index (χ4v) is 3.18. The van der Waals surface area contributed by atoms with E-state index in [1.54, 1.807) is 28.4 Å². The Labute approximate surface area is 158 Å². The Morgan fingerprint density at radius 1 is 1.08 bits per heavy atom. The SMILES string of the molecule is Cc1ccc(CN(C)C(=O)c2ccc(OCc3csc(C)n3)cc2)cc1. The number of aryl methyl sites for hydroxylation is 2.